The van der Waals surface area contributed by atoms with Crippen LogP contribution in [0.2, 0.25) is 0 Å². The molecule has 0 amide bonds. The molecule has 1 saturated carbocycles. The molecule has 0 radical (unpaired) electrons. The number of thiophene rings is 1. The van der Waals surface area contributed by atoms with Crippen LogP contribution >= 0.6 is 11.3 Å². The summed E-state index contributed by atoms with van der Waals surface area (Å²) < 4.78 is 24.7. The van der Waals surface area contributed by atoms with Gasteiger partial charge in [0.1, 0.15) is 0 Å². The van der Waals surface area contributed by atoms with Crippen LogP contribution in [0.15, 0.2) is 17.5 Å². The highest BCUT2D eigenvalue weighted by molar-refractivity contribution is 7.10. The molecule has 1 atom stereocenters. The summed E-state index contributed by atoms with van der Waals surface area (Å²) in [5, 5.41) is 1.84. The largest absolute Gasteiger partial charge is 0.256 e. The predicted octanol–water partition coefficient (Wildman–Crippen LogP) is 2.87. The maximum absolute atomic E-state index is 12.4. The van der Waals surface area contributed by atoms with Gasteiger partial charge in [0.05, 0.1) is 5.92 Å². The van der Waals surface area contributed by atoms with Gasteiger partial charge >= 0.3 is 0 Å². The molecule has 0 spiro atoms. The van der Waals surface area contributed by atoms with E-state index in [2.05, 4.69) is 0 Å². The second kappa shape index (κ2) is 1.78. The Kier molecular flexibility index (Phi) is 1.12. The molecule has 10 heavy (non-hydrogen) atoms. The minimum absolute atomic E-state index is 0.0491. The van der Waals surface area contributed by atoms with Gasteiger partial charge in [-0.3, -0.25) is 0 Å². The zero-order valence-corrected chi connectivity index (χ0v) is 6.00. The highest BCUT2D eigenvalue weighted by Gasteiger charge is 2.58. The predicted molar refractivity (Wildman–Crippen MR) is 36.6 cm³/mol. The third-order valence-electron chi connectivity index (χ3n) is 1.71. The lowest BCUT2D eigenvalue weighted by molar-refractivity contribution is 0.112. The van der Waals surface area contributed by atoms with E-state index in [-0.39, 0.29) is 6.42 Å². The van der Waals surface area contributed by atoms with Crippen molar-refractivity contribution in [2.75, 3.05) is 0 Å². The van der Waals surface area contributed by atoms with Crippen LogP contribution in [0.5, 0.6) is 0 Å². The summed E-state index contributed by atoms with van der Waals surface area (Å²) >= 11 is 1.42. The molecule has 1 unspecified atom stereocenters. The Morgan fingerprint density at radius 2 is 2.30 bits per heavy atom. The molecule has 0 saturated heterocycles. The molecule has 54 valence electrons. The molecule has 1 aliphatic rings. The summed E-state index contributed by atoms with van der Waals surface area (Å²) in [6, 6.07) is 3.59. The Morgan fingerprint density at radius 3 is 2.70 bits per heavy atom. The van der Waals surface area contributed by atoms with Crippen LogP contribution in [0, 0.1) is 0 Å². The van der Waals surface area contributed by atoms with E-state index in [0.717, 1.165) is 4.88 Å². The number of halogens is 2. The summed E-state index contributed by atoms with van der Waals surface area (Å²) in [6.45, 7) is 0. The lowest BCUT2D eigenvalue weighted by Crippen LogP contribution is -1.89. The first kappa shape index (κ1) is 6.28. The van der Waals surface area contributed by atoms with E-state index in [1.807, 2.05) is 11.4 Å². The third kappa shape index (κ3) is 0.850. The van der Waals surface area contributed by atoms with Crippen molar-refractivity contribution >= 4 is 11.3 Å². The first-order valence-corrected chi connectivity index (χ1v) is 3.99. The van der Waals surface area contributed by atoms with Crippen molar-refractivity contribution in [3.8, 4) is 0 Å². The molecule has 1 fully saturated rings. The van der Waals surface area contributed by atoms with Crippen LogP contribution in [-0.4, -0.2) is 5.92 Å². The Labute approximate surface area is 61.5 Å². The monoisotopic (exact) mass is 160 g/mol. The highest BCUT2D eigenvalue weighted by atomic mass is 32.1. The first-order chi connectivity index (χ1) is 4.70. The summed E-state index contributed by atoms with van der Waals surface area (Å²) in [6.07, 6.45) is 0.0491. The standard InChI is InChI=1S/C7H6F2S/c8-7(9)4-5(7)6-2-1-3-10-6/h1-3,5H,4H2. The molecule has 1 aliphatic carbocycles. The summed E-state index contributed by atoms with van der Waals surface area (Å²) in [5.41, 5.74) is 0. The van der Waals surface area contributed by atoms with E-state index in [9.17, 15) is 8.78 Å². The van der Waals surface area contributed by atoms with Crippen molar-refractivity contribution in [2.24, 2.45) is 0 Å². The van der Waals surface area contributed by atoms with E-state index in [1.54, 1.807) is 6.07 Å². The fourth-order valence-corrected chi connectivity index (χ4v) is 1.90. The molecule has 0 aliphatic heterocycles. The Bertz CT molecular complexity index is 228. The van der Waals surface area contributed by atoms with Gasteiger partial charge in [0, 0.05) is 11.3 Å². The van der Waals surface area contributed by atoms with Gasteiger partial charge < -0.3 is 0 Å². The molecule has 0 aromatic carbocycles. The number of rotatable bonds is 1. The van der Waals surface area contributed by atoms with Crippen LogP contribution in [-0.2, 0) is 0 Å². The van der Waals surface area contributed by atoms with E-state index in [4.69, 9.17) is 0 Å². The second-order valence-corrected chi connectivity index (χ2v) is 3.51. The lowest BCUT2D eigenvalue weighted by atomic mass is 10.3. The normalized spacial score (nSPS) is 28.4. The molecule has 0 N–H and O–H groups in total. The SMILES string of the molecule is FC1(F)CC1c1cccs1. The van der Waals surface area contributed by atoms with Gasteiger partial charge in [0.2, 0.25) is 0 Å². The molecule has 2 rings (SSSR count). The second-order valence-electron chi connectivity index (χ2n) is 2.53. The molecule has 0 bridgehead atoms. The molecule has 1 aromatic heterocycles. The fraction of sp³-hybridized carbons (Fsp3) is 0.429. The quantitative estimate of drug-likeness (QED) is 0.592. The molecular weight excluding hydrogens is 154 g/mol. The maximum atomic E-state index is 12.4. The van der Waals surface area contributed by atoms with Crippen LogP contribution in [0.4, 0.5) is 8.78 Å². The Hall–Kier alpha value is -0.440. The summed E-state index contributed by atoms with van der Waals surface area (Å²) in [4.78, 5) is 0.824. The lowest BCUT2D eigenvalue weighted by Gasteiger charge is -1.90. The van der Waals surface area contributed by atoms with Crippen LogP contribution in [0.25, 0.3) is 0 Å². The van der Waals surface area contributed by atoms with Gasteiger partial charge in [0.15, 0.2) is 0 Å². The van der Waals surface area contributed by atoms with E-state index >= 15 is 0 Å². The van der Waals surface area contributed by atoms with Gasteiger partial charge in [-0.1, -0.05) is 6.07 Å². The minimum Gasteiger partial charge on any atom is -0.206 e. The highest BCUT2D eigenvalue weighted by Crippen LogP contribution is 2.56. The summed E-state index contributed by atoms with van der Waals surface area (Å²) in [7, 11) is 0. The number of alkyl halides is 2. The van der Waals surface area contributed by atoms with Crippen LogP contribution in [0.3, 0.4) is 0 Å². The smallest absolute Gasteiger partial charge is 0.206 e. The maximum Gasteiger partial charge on any atom is 0.256 e. The van der Waals surface area contributed by atoms with Gasteiger partial charge in [-0.05, 0) is 11.4 Å². The molecule has 0 nitrogen and oxygen atoms in total. The number of hydrogen-bond acceptors (Lipinski definition) is 1. The molecule has 3 heteroatoms. The fourth-order valence-electron chi connectivity index (χ4n) is 1.01. The average molecular weight is 160 g/mol. The molecular formula is C7H6F2S. The van der Waals surface area contributed by atoms with Crippen LogP contribution < -0.4 is 0 Å². The van der Waals surface area contributed by atoms with Gasteiger partial charge in [-0.2, -0.15) is 0 Å². The molecule has 1 heterocycles. The van der Waals surface area contributed by atoms with Crippen molar-refractivity contribution in [1.82, 2.24) is 0 Å². The van der Waals surface area contributed by atoms with Crippen molar-refractivity contribution in [1.29, 1.82) is 0 Å². The topological polar surface area (TPSA) is 0 Å². The molecule has 1 aromatic rings. The summed E-state index contributed by atoms with van der Waals surface area (Å²) in [5.74, 6) is -2.86. The van der Waals surface area contributed by atoms with Crippen molar-refractivity contribution < 1.29 is 8.78 Å². The van der Waals surface area contributed by atoms with E-state index in [0.29, 0.717) is 0 Å². The zero-order valence-electron chi connectivity index (χ0n) is 5.18. The first-order valence-electron chi connectivity index (χ1n) is 3.11. The van der Waals surface area contributed by atoms with E-state index < -0.39 is 11.8 Å². The zero-order chi connectivity index (χ0) is 7.19. The van der Waals surface area contributed by atoms with Crippen LogP contribution in [0.1, 0.15) is 17.2 Å². The van der Waals surface area contributed by atoms with Gasteiger partial charge in [-0.15, -0.1) is 11.3 Å². The minimum atomic E-state index is -2.40. The number of hydrogen-bond donors (Lipinski definition) is 0. The van der Waals surface area contributed by atoms with Crippen molar-refractivity contribution in [3.05, 3.63) is 22.4 Å². The Balaban J connectivity index is 2.19. The third-order valence-corrected chi connectivity index (χ3v) is 2.70. The van der Waals surface area contributed by atoms with Crippen molar-refractivity contribution in [3.63, 3.8) is 0 Å². The van der Waals surface area contributed by atoms with Gasteiger partial charge in [0.25, 0.3) is 5.92 Å². The van der Waals surface area contributed by atoms with Gasteiger partial charge in [-0.25, -0.2) is 8.78 Å². The van der Waals surface area contributed by atoms with E-state index in [1.165, 1.54) is 11.3 Å². The average Bonchev–Trinajstić information content (AvgIpc) is 2.31. The Morgan fingerprint density at radius 1 is 1.60 bits per heavy atom. The van der Waals surface area contributed by atoms with Crippen molar-refractivity contribution in [2.45, 2.75) is 18.3 Å².